The van der Waals surface area contributed by atoms with Crippen LogP contribution in [-0.2, 0) is 4.79 Å². The summed E-state index contributed by atoms with van der Waals surface area (Å²) in [5, 5.41) is 10.8. The Morgan fingerprint density at radius 3 is 2.65 bits per heavy atom. The normalized spacial score (nSPS) is 11.9. The fourth-order valence-corrected chi connectivity index (χ4v) is 1.43. The van der Waals surface area contributed by atoms with Gasteiger partial charge in [-0.25, -0.2) is 0 Å². The number of rotatable bonds is 3. The van der Waals surface area contributed by atoms with Gasteiger partial charge in [-0.3, -0.25) is 14.4 Å². The van der Waals surface area contributed by atoms with Crippen LogP contribution in [0.15, 0.2) is 15.3 Å². The van der Waals surface area contributed by atoms with Crippen molar-refractivity contribution in [2.45, 2.75) is 19.9 Å². The number of carboxylic acids is 1. The van der Waals surface area contributed by atoms with Crippen LogP contribution in [0.1, 0.15) is 23.0 Å². The molecule has 3 N–H and O–H groups in total. The van der Waals surface area contributed by atoms with E-state index in [1.165, 1.54) is 13.0 Å². The van der Waals surface area contributed by atoms with E-state index in [-0.39, 0.29) is 5.56 Å². The lowest BCUT2D eigenvalue weighted by atomic mass is 10.2. The Balaban J connectivity index is 3.01. The minimum atomic E-state index is -1.17. The van der Waals surface area contributed by atoms with Gasteiger partial charge in [0, 0.05) is 10.2 Å². The van der Waals surface area contributed by atoms with Crippen LogP contribution >= 0.6 is 15.9 Å². The molecule has 1 heterocycles. The Bertz CT molecular complexity index is 524. The van der Waals surface area contributed by atoms with Gasteiger partial charge in [-0.1, -0.05) is 0 Å². The summed E-state index contributed by atoms with van der Waals surface area (Å²) in [6, 6.07) is 0.305. The zero-order chi connectivity index (χ0) is 13.2. The van der Waals surface area contributed by atoms with Crippen LogP contribution in [-0.4, -0.2) is 28.0 Å². The number of hydrogen-bond donors (Lipinski definition) is 3. The number of hydrogen-bond acceptors (Lipinski definition) is 3. The van der Waals surface area contributed by atoms with Crippen molar-refractivity contribution in [1.82, 2.24) is 10.3 Å². The molecule has 0 aliphatic rings. The van der Waals surface area contributed by atoms with E-state index in [9.17, 15) is 14.4 Å². The Morgan fingerprint density at radius 1 is 1.53 bits per heavy atom. The second-order valence-corrected chi connectivity index (χ2v) is 4.37. The van der Waals surface area contributed by atoms with Gasteiger partial charge in [0.15, 0.2) is 0 Å². The molecule has 0 saturated heterocycles. The molecule has 7 heteroatoms. The average Bonchev–Trinajstić information content (AvgIpc) is 2.22. The summed E-state index contributed by atoms with van der Waals surface area (Å²) >= 11 is 3.18. The number of carboxylic acid groups (broad SMARTS) is 1. The summed E-state index contributed by atoms with van der Waals surface area (Å²) in [4.78, 5) is 36.2. The van der Waals surface area contributed by atoms with Crippen LogP contribution in [0.4, 0.5) is 0 Å². The van der Waals surface area contributed by atoms with E-state index in [2.05, 4.69) is 26.2 Å². The summed E-state index contributed by atoms with van der Waals surface area (Å²) < 4.78 is 0.574. The van der Waals surface area contributed by atoms with Crippen LogP contribution in [0, 0.1) is 6.92 Å². The largest absolute Gasteiger partial charge is 0.480 e. The van der Waals surface area contributed by atoms with Gasteiger partial charge in [0.1, 0.15) is 11.6 Å². The van der Waals surface area contributed by atoms with Crippen LogP contribution in [0.5, 0.6) is 0 Å². The molecule has 6 nitrogen and oxygen atoms in total. The first-order valence-corrected chi connectivity index (χ1v) is 5.55. The van der Waals surface area contributed by atoms with Crippen molar-refractivity contribution in [3.8, 4) is 0 Å². The molecule has 0 bridgehead atoms. The van der Waals surface area contributed by atoms with Crippen molar-refractivity contribution in [2.24, 2.45) is 0 Å². The SMILES string of the molecule is Cc1[nH]c(=O)c(C(=O)NC(C)C(=O)O)cc1Br. The van der Waals surface area contributed by atoms with Crippen LogP contribution in [0.3, 0.4) is 0 Å². The Morgan fingerprint density at radius 2 is 2.12 bits per heavy atom. The van der Waals surface area contributed by atoms with Crippen molar-refractivity contribution in [3.63, 3.8) is 0 Å². The van der Waals surface area contributed by atoms with E-state index in [4.69, 9.17) is 5.11 Å². The average molecular weight is 303 g/mol. The molecule has 92 valence electrons. The van der Waals surface area contributed by atoms with Crippen molar-refractivity contribution in [2.75, 3.05) is 0 Å². The van der Waals surface area contributed by atoms with Gasteiger partial charge in [-0.05, 0) is 35.8 Å². The first kappa shape index (κ1) is 13.4. The molecule has 0 spiro atoms. The number of nitrogens with one attached hydrogen (secondary N) is 2. The number of amides is 1. The summed E-state index contributed by atoms with van der Waals surface area (Å²) in [7, 11) is 0. The highest BCUT2D eigenvalue weighted by Crippen LogP contribution is 2.12. The second kappa shape index (κ2) is 5.13. The van der Waals surface area contributed by atoms with Crippen molar-refractivity contribution in [1.29, 1.82) is 0 Å². The van der Waals surface area contributed by atoms with E-state index in [0.29, 0.717) is 10.2 Å². The highest BCUT2D eigenvalue weighted by atomic mass is 79.9. The zero-order valence-corrected chi connectivity index (χ0v) is 10.8. The quantitative estimate of drug-likeness (QED) is 0.763. The van der Waals surface area contributed by atoms with Gasteiger partial charge in [-0.15, -0.1) is 0 Å². The Labute approximate surface area is 105 Å². The highest BCUT2D eigenvalue weighted by molar-refractivity contribution is 9.10. The van der Waals surface area contributed by atoms with E-state index in [0.717, 1.165) is 0 Å². The van der Waals surface area contributed by atoms with Gasteiger partial charge in [-0.2, -0.15) is 0 Å². The number of halogens is 1. The molecule has 1 rings (SSSR count). The van der Waals surface area contributed by atoms with Crippen LogP contribution in [0.25, 0.3) is 0 Å². The minimum Gasteiger partial charge on any atom is -0.480 e. The number of pyridine rings is 1. The molecule has 17 heavy (non-hydrogen) atoms. The molecule has 1 aromatic heterocycles. The topological polar surface area (TPSA) is 99.3 Å². The molecule has 1 unspecified atom stereocenters. The molecule has 0 aromatic carbocycles. The molecule has 1 aromatic rings. The number of aryl methyl sites for hydroxylation is 1. The Hall–Kier alpha value is -1.63. The van der Waals surface area contributed by atoms with Gasteiger partial charge in [0.05, 0.1) is 0 Å². The third-order valence-electron chi connectivity index (χ3n) is 2.14. The van der Waals surface area contributed by atoms with Gasteiger partial charge < -0.3 is 15.4 Å². The Kier molecular flexibility index (Phi) is 4.06. The molecule has 1 amide bonds. The number of H-pyrrole nitrogens is 1. The van der Waals surface area contributed by atoms with Crippen molar-refractivity contribution >= 4 is 27.8 Å². The molecular weight excluding hydrogens is 292 g/mol. The molecule has 0 aliphatic carbocycles. The van der Waals surface area contributed by atoms with E-state index in [1.807, 2.05) is 0 Å². The number of aliphatic carboxylic acids is 1. The summed E-state index contributed by atoms with van der Waals surface area (Å²) in [5.74, 6) is -1.89. The number of aromatic nitrogens is 1. The fourth-order valence-electron chi connectivity index (χ4n) is 1.10. The van der Waals surface area contributed by atoms with Gasteiger partial charge in [0.25, 0.3) is 11.5 Å². The van der Waals surface area contributed by atoms with Crippen LogP contribution < -0.4 is 10.9 Å². The summed E-state index contributed by atoms with van der Waals surface area (Å²) in [6.45, 7) is 2.99. The molecule has 1 atom stereocenters. The fraction of sp³-hybridized carbons (Fsp3) is 0.300. The van der Waals surface area contributed by atoms with Crippen molar-refractivity contribution in [3.05, 3.63) is 32.2 Å². The maximum atomic E-state index is 11.6. The summed E-state index contributed by atoms with van der Waals surface area (Å²) in [6.07, 6.45) is 0. The summed E-state index contributed by atoms with van der Waals surface area (Å²) in [5.41, 5.74) is -0.0887. The zero-order valence-electron chi connectivity index (χ0n) is 9.20. The maximum Gasteiger partial charge on any atom is 0.325 e. The van der Waals surface area contributed by atoms with Crippen molar-refractivity contribution < 1.29 is 14.7 Å². The third kappa shape index (κ3) is 3.16. The maximum absolute atomic E-state index is 11.6. The van der Waals surface area contributed by atoms with Gasteiger partial charge in [0.2, 0.25) is 0 Å². The number of carbonyl (C=O) groups excluding carboxylic acids is 1. The second-order valence-electron chi connectivity index (χ2n) is 3.52. The third-order valence-corrected chi connectivity index (χ3v) is 2.96. The monoisotopic (exact) mass is 302 g/mol. The molecule has 0 fully saturated rings. The minimum absolute atomic E-state index is 0.129. The first-order valence-electron chi connectivity index (χ1n) is 4.76. The molecular formula is C10H11BrN2O4. The van der Waals surface area contributed by atoms with E-state index < -0.39 is 23.5 Å². The first-order chi connectivity index (χ1) is 7.82. The number of aromatic amines is 1. The standard InChI is InChI=1S/C10H11BrN2O4/c1-4-7(11)3-6(8(14)12-4)9(15)13-5(2)10(16)17/h3,5H,1-2H3,(H,12,14)(H,13,15)(H,16,17). The lowest BCUT2D eigenvalue weighted by Gasteiger charge is -2.09. The van der Waals surface area contributed by atoms with Crippen LogP contribution in [0.2, 0.25) is 0 Å². The lowest BCUT2D eigenvalue weighted by molar-refractivity contribution is -0.138. The molecule has 0 saturated carbocycles. The number of carbonyl (C=O) groups is 2. The molecule has 0 aliphatic heterocycles. The predicted octanol–water partition coefficient (Wildman–Crippen LogP) is 0.649. The van der Waals surface area contributed by atoms with E-state index in [1.54, 1.807) is 6.92 Å². The van der Waals surface area contributed by atoms with E-state index >= 15 is 0 Å². The molecule has 0 radical (unpaired) electrons. The van der Waals surface area contributed by atoms with Gasteiger partial charge >= 0.3 is 5.97 Å². The highest BCUT2D eigenvalue weighted by Gasteiger charge is 2.18. The predicted molar refractivity (Wildman–Crippen MR) is 64.1 cm³/mol. The lowest BCUT2D eigenvalue weighted by Crippen LogP contribution is -2.40. The smallest absolute Gasteiger partial charge is 0.325 e.